The van der Waals surface area contributed by atoms with Crippen LogP contribution in [-0.2, 0) is 5.41 Å². The fourth-order valence-electron chi connectivity index (χ4n) is 10.5. The van der Waals surface area contributed by atoms with E-state index < -0.39 is 5.41 Å². The molecule has 65 heavy (non-hydrogen) atoms. The molecule has 0 fully saturated rings. The molecule has 0 amide bonds. The van der Waals surface area contributed by atoms with E-state index in [1.54, 1.807) is 0 Å². The van der Waals surface area contributed by atoms with Crippen LogP contribution in [0, 0.1) is 0 Å². The first-order valence-corrected chi connectivity index (χ1v) is 22.4. The molecule has 11 aromatic rings. The number of anilines is 3. The van der Waals surface area contributed by atoms with E-state index in [4.69, 9.17) is 0 Å². The van der Waals surface area contributed by atoms with E-state index in [1.165, 1.54) is 77.8 Å². The van der Waals surface area contributed by atoms with Gasteiger partial charge in [0.15, 0.2) is 0 Å². The average molecular weight is 829 g/mol. The van der Waals surface area contributed by atoms with Crippen LogP contribution in [0.3, 0.4) is 0 Å². The lowest BCUT2D eigenvalue weighted by atomic mass is 9.67. The first-order chi connectivity index (χ1) is 32.3. The SMILES string of the molecule is c1ccc(-c2ccc(N(c3ccccc3)c3ccc4c(c3)C(c3ccccc3)(c3ccccc3)c3cc(-n5c(-c6ccccc6)c(-c6ccccc6)c6ccccc65)ccc3-4)cc2)cc1. The molecule has 0 N–H and O–H groups in total. The lowest BCUT2D eigenvalue weighted by molar-refractivity contribution is 0.767. The summed E-state index contributed by atoms with van der Waals surface area (Å²) in [5.41, 5.74) is 19.6. The molecule has 0 atom stereocenters. The molecule has 10 aromatic carbocycles. The van der Waals surface area contributed by atoms with Crippen LogP contribution >= 0.6 is 0 Å². The minimum Gasteiger partial charge on any atom is -0.310 e. The van der Waals surface area contributed by atoms with Gasteiger partial charge in [-0.05, 0) is 110 Å². The monoisotopic (exact) mass is 828 g/mol. The number of benzene rings is 10. The van der Waals surface area contributed by atoms with Crippen molar-refractivity contribution in [1.82, 2.24) is 4.57 Å². The van der Waals surface area contributed by atoms with E-state index in [1.807, 2.05) is 0 Å². The fraction of sp³-hybridized carbons (Fsp3) is 0.0159. The van der Waals surface area contributed by atoms with Crippen molar-refractivity contribution in [2.24, 2.45) is 0 Å². The van der Waals surface area contributed by atoms with Crippen molar-refractivity contribution in [3.8, 4) is 50.3 Å². The molecule has 2 heteroatoms. The van der Waals surface area contributed by atoms with Gasteiger partial charge in [0.05, 0.1) is 16.6 Å². The molecule has 0 spiro atoms. The van der Waals surface area contributed by atoms with E-state index in [0.29, 0.717) is 0 Å². The molecule has 0 aliphatic heterocycles. The van der Waals surface area contributed by atoms with E-state index >= 15 is 0 Å². The highest BCUT2D eigenvalue weighted by Crippen LogP contribution is 2.58. The van der Waals surface area contributed by atoms with Crippen molar-refractivity contribution in [1.29, 1.82) is 0 Å². The largest absolute Gasteiger partial charge is 0.310 e. The third-order valence-electron chi connectivity index (χ3n) is 13.3. The van der Waals surface area contributed by atoms with Crippen molar-refractivity contribution in [3.05, 3.63) is 289 Å². The quantitative estimate of drug-likeness (QED) is 0.141. The van der Waals surface area contributed by atoms with Crippen LogP contribution in [0.15, 0.2) is 267 Å². The lowest BCUT2D eigenvalue weighted by Gasteiger charge is -2.35. The van der Waals surface area contributed by atoms with Gasteiger partial charge in [0, 0.05) is 33.7 Å². The number of aromatic nitrogens is 1. The van der Waals surface area contributed by atoms with Crippen LogP contribution < -0.4 is 4.90 Å². The molecule has 1 aliphatic carbocycles. The second-order valence-electron chi connectivity index (χ2n) is 16.8. The first-order valence-electron chi connectivity index (χ1n) is 22.4. The highest BCUT2D eigenvalue weighted by Gasteiger charge is 2.47. The summed E-state index contributed by atoms with van der Waals surface area (Å²) >= 11 is 0. The first kappa shape index (κ1) is 38.2. The Morgan fingerprint density at radius 2 is 0.769 bits per heavy atom. The number of nitrogens with zero attached hydrogens (tertiary/aromatic N) is 2. The topological polar surface area (TPSA) is 8.17 Å². The number of rotatable bonds is 9. The molecule has 306 valence electrons. The van der Waals surface area contributed by atoms with E-state index in [0.717, 1.165) is 22.7 Å². The summed E-state index contributed by atoms with van der Waals surface area (Å²) in [6.45, 7) is 0. The smallest absolute Gasteiger partial charge is 0.0715 e. The second kappa shape index (κ2) is 16.0. The predicted molar refractivity (Wildman–Crippen MR) is 272 cm³/mol. The number of fused-ring (bicyclic) bond motifs is 4. The normalized spacial score (nSPS) is 12.4. The number of hydrogen-bond donors (Lipinski definition) is 0. The Bertz CT molecular complexity index is 3390. The fourth-order valence-corrected chi connectivity index (χ4v) is 10.5. The Hall–Kier alpha value is -8.46. The molecule has 0 radical (unpaired) electrons. The molecule has 0 saturated carbocycles. The Labute approximate surface area is 380 Å². The summed E-state index contributed by atoms with van der Waals surface area (Å²) in [5, 5.41) is 1.22. The molecule has 2 nitrogen and oxygen atoms in total. The van der Waals surface area contributed by atoms with Gasteiger partial charge in [-0.3, -0.25) is 0 Å². The molecule has 0 saturated heterocycles. The number of hydrogen-bond acceptors (Lipinski definition) is 1. The van der Waals surface area contributed by atoms with Gasteiger partial charge in [0.1, 0.15) is 0 Å². The Morgan fingerprint density at radius 3 is 1.38 bits per heavy atom. The van der Waals surface area contributed by atoms with Crippen molar-refractivity contribution >= 4 is 28.0 Å². The van der Waals surface area contributed by atoms with E-state index in [9.17, 15) is 0 Å². The summed E-state index contributed by atoms with van der Waals surface area (Å²) in [4.78, 5) is 2.40. The van der Waals surface area contributed by atoms with Crippen LogP contribution in [-0.4, -0.2) is 4.57 Å². The van der Waals surface area contributed by atoms with Crippen molar-refractivity contribution in [2.45, 2.75) is 5.41 Å². The minimum atomic E-state index is -0.642. The Morgan fingerprint density at radius 1 is 0.323 bits per heavy atom. The maximum Gasteiger partial charge on any atom is 0.0715 e. The lowest BCUT2D eigenvalue weighted by Crippen LogP contribution is -2.29. The van der Waals surface area contributed by atoms with Gasteiger partial charge in [0.2, 0.25) is 0 Å². The summed E-state index contributed by atoms with van der Waals surface area (Å²) in [7, 11) is 0. The molecular formula is C63H44N2. The van der Waals surface area contributed by atoms with Gasteiger partial charge in [-0.2, -0.15) is 0 Å². The third kappa shape index (κ3) is 6.33. The van der Waals surface area contributed by atoms with Crippen molar-refractivity contribution in [3.63, 3.8) is 0 Å². The number of para-hydroxylation sites is 2. The summed E-state index contributed by atoms with van der Waals surface area (Å²) < 4.78 is 2.50. The second-order valence-corrected chi connectivity index (χ2v) is 16.8. The third-order valence-corrected chi connectivity index (χ3v) is 13.3. The van der Waals surface area contributed by atoms with Crippen molar-refractivity contribution in [2.75, 3.05) is 4.90 Å². The molecule has 1 aliphatic rings. The minimum absolute atomic E-state index is 0.642. The van der Waals surface area contributed by atoms with Crippen molar-refractivity contribution < 1.29 is 0 Å². The van der Waals surface area contributed by atoms with Gasteiger partial charge in [-0.25, -0.2) is 0 Å². The van der Waals surface area contributed by atoms with Crippen LogP contribution in [0.5, 0.6) is 0 Å². The van der Waals surface area contributed by atoms with Gasteiger partial charge in [0.25, 0.3) is 0 Å². The zero-order valence-electron chi connectivity index (χ0n) is 35.8. The van der Waals surface area contributed by atoms with Gasteiger partial charge in [-0.1, -0.05) is 212 Å². The zero-order chi connectivity index (χ0) is 43.2. The predicted octanol–water partition coefficient (Wildman–Crippen LogP) is 16.5. The Balaban J connectivity index is 1.12. The Kier molecular flexibility index (Phi) is 9.43. The molecule has 0 bridgehead atoms. The molecule has 1 heterocycles. The van der Waals surface area contributed by atoms with Crippen LogP contribution in [0.25, 0.3) is 61.2 Å². The van der Waals surface area contributed by atoms with Crippen LogP contribution in [0.4, 0.5) is 17.1 Å². The average Bonchev–Trinajstić information content (AvgIpc) is 3.89. The maximum atomic E-state index is 2.50. The van der Waals surface area contributed by atoms with E-state index in [-0.39, 0.29) is 0 Å². The molecule has 0 unspecified atom stereocenters. The van der Waals surface area contributed by atoms with Gasteiger partial charge in [-0.15, -0.1) is 0 Å². The molecule has 12 rings (SSSR count). The molecule has 1 aromatic heterocycles. The summed E-state index contributed by atoms with van der Waals surface area (Å²) in [5.74, 6) is 0. The standard InChI is InChI=1S/C63H44N2/c1-7-21-45(22-8-1)46-35-37-52(38-36-46)64(51-31-17-6-18-32-51)53-39-41-55-56-42-40-54(44-59(56)63(58(55)43-53,49-27-13-4-14-28-49)50-29-15-5-16-30-50)65-60-34-20-19-33-57(60)61(47-23-9-2-10-24-47)62(65)48-25-11-3-12-26-48/h1-44H. The van der Waals surface area contributed by atoms with Crippen LogP contribution in [0.1, 0.15) is 22.3 Å². The van der Waals surface area contributed by atoms with Gasteiger partial charge < -0.3 is 9.47 Å². The van der Waals surface area contributed by atoms with Gasteiger partial charge >= 0.3 is 0 Å². The maximum absolute atomic E-state index is 2.50. The van der Waals surface area contributed by atoms with E-state index in [2.05, 4.69) is 276 Å². The summed E-state index contributed by atoms with van der Waals surface area (Å²) in [6.07, 6.45) is 0. The summed E-state index contributed by atoms with van der Waals surface area (Å²) in [6, 6.07) is 97.6. The highest BCUT2D eigenvalue weighted by atomic mass is 15.1. The highest BCUT2D eigenvalue weighted by molar-refractivity contribution is 6.06. The zero-order valence-corrected chi connectivity index (χ0v) is 35.8. The molecular weight excluding hydrogens is 785 g/mol. The van der Waals surface area contributed by atoms with Crippen LogP contribution in [0.2, 0.25) is 0 Å².